The highest BCUT2D eigenvalue weighted by molar-refractivity contribution is 5.25. The first-order valence-electron chi connectivity index (χ1n) is 9.39. The fourth-order valence-corrected chi connectivity index (χ4v) is 4.72. The number of quaternary nitrogens is 2. The summed E-state index contributed by atoms with van der Waals surface area (Å²) >= 11 is 0. The predicted molar refractivity (Wildman–Crippen MR) is 99.5 cm³/mol. The number of rotatable bonds is 4. The highest BCUT2D eigenvalue weighted by Crippen LogP contribution is 2.31. The number of benzene rings is 2. The zero-order valence-corrected chi connectivity index (χ0v) is 17.4. The Morgan fingerprint density at radius 3 is 1.19 bits per heavy atom. The summed E-state index contributed by atoms with van der Waals surface area (Å²) in [6.07, 6.45) is 0. The van der Waals surface area contributed by atoms with Crippen molar-refractivity contribution in [3.63, 3.8) is 0 Å². The van der Waals surface area contributed by atoms with Crippen LogP contribution in [0, 0.1) is 13.8 Å². The van der Waals surface area contributed by atoms with Crippen LogP contribution in [0.2, 0.25) is 0 Å². The third-order valence-corrected chi connectivity index (χ3v) is 6.68. The molecule has 2 bridgehead atoms. The van der Waals surface area contributed by atoms with Crippen LogP contribution in [0.1, 0.15) is 22.3 Å². The van der Waals surface area contributed by atoms with E-state index in [0.717, 1.165) is 0 Å². The maximum atomic E-state index is 2.33. The molecule has 0 spiro atoms. The van der Waals surface area contributed by atoms with Crippen molar-refractivity contribution in [2.75, 3.05) is 39.3 Å². The minimum absolute atomic E-state index is 0. The summed E-state index contributed by atoms with van der Waals surface area (Å²) in [6, 6.07) is 17.9. The molecule has 2 nitrogen and oxygen atoms in total. The number of halogens is 2. The van der Waals surface area contributed by atoms with Gasteiger partial charge in [-0.05, 0) is 25.0 Å². The second-order valence-corrected chi connectivity index (χ2v) is 8.19. The summed E-state index contributed by atoms with van der Waals surface area (Å²) in [5.41, 5.74) is 6.03. The molecular formula is C22H30Cl2N2. The summed E-state index contributed by atoms with van der Waals surface area (Å²) in [5.74, 6) is 0. The van der Waals surface area contributed by atoms with Gasteiger partial charge in [0.25, 0.3) is 0 Å². The first-order valence-corrected chi connectivity index (χ1v) is 9.39. The summed E-state index contributed by atoms with van der Waals surface area (Å²) in [5, 5.41) is 0. The zero-order chi connectivity index (χ0) is 16.6. The van der Waals surface area contributed by atoms with E-state index in [9.17, 15) is 0 Å². The Kier molecular flexibility index (Phi) is 6.79. The normalized spacial score (nSPS) is 26.7. The third-order valence-electron chi connectivity index (χ3n) is 6.68. The van der Waals surface area contributed by atoms with Gasteiger partial charge in [-0.3, -0.25) is 0 Å². The molecule has 3 heterocycles. The summed E-state index contributed by atoms with van der Waals surface area (Å²) in [6.45, 7) is 15.1. The molecule has 0 aliphatic carbocycles. The Morgan fingerprint density at radius 2 is 0.885 bits per heavy atom. The molecule has 3 aliphatic rings. The van der Waals surface area contributed by atoms with Gasteiger partial charge in [0.2, 0.25) is 0 Å². The molecule has 3 saturated heterocycles. The second kappa shape index (κ2) is 8.31. The average Bonchev–Trinajstić information content (AvgIpc) is 2.61. The molecule has 26 heavy (non-hydrogen) atoms. The van der Waals surface area contributed by atoms with Gasteiger partial charge in [-0.15, -0.1) is 0 Å². The number of piperazine rings is 3. The van der Waals surface area contributed by atoms with E-state index < -0.39 is 0 Å². The number of hydrogen-bond donors (Lipinski definition) is 0. The monoisotopic (exact) mass is 392 g/mol. The van der Waals surface area contributed by atoms with Crippen LogP contribution >= 0.6 is 0 Å². The third kappa shape index (κ3) is 4.09. The van der Waals surface area contributed by atoms with Crippen molar-refractivity contribution in [1.82, 2.24) is 0 Å². The van der Waals surface area contributed by atoms with Crippen LogP contribution in [0.25, 0.3) is 0 Å². The molecule has 0 amide bonds. The lowest BCUT2D eigenvalue weighted by atomic mass is 10.00. The molecule has 3 aliphatic heterocycles. The quantitative estimate of drug-likeness (QED) is 0.512. The molecule has 3 fully saturated rings. The molecule has 142 valence electrons. The van der Waals surface area contributed by atoms with Crippen LogP contribution in [0.15, 0.2) is 48.5 Å². The van der Waals surface area contributed by atoms with Crippen molar-refractivity contribution in [3.05, 3.63) is 70.8 Å². The zero-order valence-electron chi connectivity index (χ0n) is 15.9. The SMILES string of the molecule is Cc1ccccc1C[N+]12CC[N+](Cc3ccccc3C)(CC1)CC2.[Cl-].[Cl-]. The van der Waals surface area contributed by atoms with Crippen LogP contribution in [0.5, 0.6) is 0 Å². The molecule has 2 aromatic carbocycles. The second-order valence-electron chi connectivity index (χ2n) is 8.19. The van der Waals surface area contributed by atoms with Crippen molar-refractivity contribution >= 4 is 0 Å². The maximum Gasteiger partial charge on any atom is 0.129 e. The first-order chi connectivity index (χ1) is 11.6. The van der Waals surface area contributed by atoms with E-state index >= 15 is 0 Å². The van der Waals surface area contributed by atoms with Gasteiger partial charge >= 0.3 is 0 Å². The van der Waals surface area contributed by atoms with Gasteiger partial charge < -0.3 is 33.8 Å². The van der Waals surface area contributed by atoms with Gasteiger partial charge in [0, 0.05) is 11.1 Å². The Hall–Kier alpha value is -1.06. The summed E-state index contributed by atoms with van der Waals surface area (Å²) < 4.78 is 2.64. The van der Waals surface area contributed by atoms with Crippen molar-refractivity contribution in [2.45, 2.75) is 26.9 Å². The Bertz CT molecular complexity index is 656. The van der Waals surface area contributed by atoms with E-state index in [-0.39, 0.29) is 24.8 Å². The van der Waals surface area contributed by atoms with Gasteiger partial charge in [-0.2, -0.15) is 0 Å². The predicted octanol–water partition coefficient (Wildman–Crippen LogP) is -2.33. The number of fused-ring (bicyclic) bond motifs is 3. The van der Waals surface area contributed by atoms with Crippen molar-refractivity contribution in [1.29, 1.82) is 0 Å². The topological polar surface area (TPSA) is 0 Å². The summed E-state index contributed by atoms with van der Waals surface area (Å²) in [4.78, 5) is 0. The van der Waals surface area contributed by atoms with Crippen LogP contribution in [-0.2, 0) is 13.1 Å². The van der Waals surface area contributed by atoms with E-state index in [0.29, 0.717) is 0 Å². The number of nitrogens with zero attached hydrogens (tertiary/aromatic N) is 2. The lowest BCUT2D eigenvalue weighted by Gasteiger charge is -2.55. The molecule has 0 radical (unpaired) electrons. The lowest BCUT2D eigenvalue weighted by molar-refractivity contribution is -1.09. The molecule has 2 aromatic rings. The fourth-order valence-electron chi connectivity index (χ4n) is 4.72. The van der Waals surface area contributed by atoms with Gasteiger partial charge in [-0.1, -0.05) is 48.5 Å². The van der Waals surface area contributed by atoms with Crippen molar-refractivity contribution < 1.29 is 33.8 Å². The molecule has 0 N–H and O–H groups in total. The molecule has 0 atom stereocenters. The molecule has 0 aromatic heterocycles. The molecule has 5 rings (SSSR count). The number of hydrogen-bond acceptors (Lipinski definition) is 0. The Morgan fingerprint density at radius 1 is 0.577 bits per heavy atom. The first kappa shape index (κ1) is 21.2. The van der Waals surface area contributed by atoms with Gasteiger partial charge in [-0.25, -0.2) is 0 Å². The molecule has 0 unspecified atom stereocenters. The van der Waals surface area contributed by atoms with Crippen LogP contribution < -0.4 is 24.8 Å². The van der Waals surface area contributed by atoms with Crippen molar-refractivity contribution in [2.24, 2.45) is 0 Å². The lowest BCUT2D eigenvalue weighted by Crippen LogP contribution is -3.00. The summed E-state index contributed by atoms with van der Waals surface area (Å²) in [7, 11) is 0. The van der Waals surface area contributed by atoms with E-state index in [1.165, 1.54) is 72.5 Å². The van der Waals surface area contributed by atoms with E-state index in [1.54, 1.807) is 11.1 Å². The largest absolute Gasteiger partial charge is 1.00 e. The maximum absolute atomic E-state index is 2.33. The minimum Gasteiger partial charge on any atom is -1.00 e. The van der Waals surface area contributed by atoms with E-state index in [2.05, 4.69) is 62.4 Å². The van der Waals surface area contributed by atoms with E-state index in [4.69, 9.17) is 0 Å². The highest BCUT2D eigenvalue weighted by Gasteiger charge is 2.49. The molecule has 4 heteroatoms. The minimum atomic E-state index is 0. The standard InChI is InChI=1S/C22H30N2.2ClH/c1-19-7-3-5-9-21(19)17-23-11-14-24(15-12-23,16-13-23)18-22-10-6-4-8-20(22)2;;/h3-10H,11-18H2,1-2H3;2*1H/q+2;;/p-2. The van der Waals surface area contributed by atoms with E-state index in [1.807, 2.05) is 0 Å². The fraction of sp³-hybridized carbons (Fsp3) is 0.455. The molecular weight excluding hydrogens is 363 g/mol. The highest BCUT2D eigenvalue weighted by atomic mass is 35.5. The Balaban J connectivity index is 0.00000121. The van der Waals surface area contributed by atoms with Crippen LogP contribution in [0.4, 0.5) is 0 Å². The van der Waals surface area contributed by atoms with Gasteiger partial charge in [0.15, 0.2) is 0 Å². The van der Waals surface area contributed by atoms with Crippen molar-refractivity contribution in [3.8, 4) is 0 Å². The number of aryl methyl sites for hydroxylation is 2. The van der Waals surface area contributed by atoms with Crippen LogP contribution in [0.3, 0.4) is 0 Å². The average molecular weight is 393 g/mol. The Labute approximate surface area is 170 Å². The van der Waals surface area contributed by atoms with Gasteiger partial charge in [0.1, 0.15) is 52.4 Å². The smallest absolute Gasteiger partial charge is 0.129 e. The van der Waals surface area contributed by atoms with Gasteiger partial charge in [0.05, 0.1) is 0 Å². The van der Waals surface area contributed by atoms with Crippen LogP contribution in [-0.4, -0.2) is 48.2 Å². The molecule has 0 saturated carbocycles.